The number of para-hydroxylation sites is 1. The van der Waals surface area contributed by atoms with E-state index in [9.17, 15) is 0 Å². The van der Waals surface area contributed by atoms with Gasteiger partial charge in [0.2, 0.25) is 0 Å². The molecule has 0 saturated carbocycles. The second-order valence-corrected chi connectivity index (χ2v) is 7.36. The molecule has 3 nitrogen and oxygen atoms in total. The Kier molecular flexibility index (Phi) is 3.89. The number of hydrogen-bond acceptors (Lipinski definition) is 4. The molecule has 1 aromatic carbocycles. The van der Waals surface area contributed by atoms with E-state index in [1.165, 1.54) is 12.0 Å². The Hall–Kier alpha value is -1.55. The van der Waals surface area contributed by atoms with Crippen molar-refractivity contribution < 1.29 is 4.74 Å². The molecule has 0 saturated heterocycles. The average molecular weight is 302 g/mol. The molecule has 0 amide bonds. The number of benzene rings is 1. The number of aromatic nitrogens is 1. The number of thiazole rings is 1. The first-order valence-electron chi connectivity index (χ1n) is 7.47. The van der Waals surface area contributed by atoms with E-state index in [1.54, 1.807) is 11.3 Å². The van der Waals surface area contributed by atoms with E-state index in [1.807, 2.05) is 6.07 Å². The number of nitrogens with one attached hydrogen (secondary N) is 1. The predicted octanol–water partition coefficient (Wildman–Crippen LogP) is 4.38. The number of aryl methyl sites for hydroxylation is 1. The summed E-state index contributed by atoms with van der Waals surface area (Å²) in [7, 11) is 0. The fourth-order valence-electron chi connectivity index (χ4n) is 2.47. The molecule has 0 aliphatic carbocycles. The van der Waals surface area contributed by atoms with Crippen molar-refractivity contribution in [3.05, 3.63) is 39.8 Å². The summed E-state index contributed by atoms with van der Waals surface area (Å²) in [5.41, 5.74) is 3.64. The molecule has 21 heavy (non-hydrogen) atoms. The van der Waals surface area contributed by atoms with Gasteiger partial charge < -0.3 is 10.1 Å². The number of hydrogen-bond donors (Lipinski definition) is 1. The molecule has 1 aliphatic heterocycles. The number of anilines is 1. The number of ether oxygens (including phenoxy) is 1. The van der Waals surface area contributed by atoms with Crippen LogP contribution in [0.2, 0.25) is 0 Å². The maximum absolute atomic E-state index is 6.00. The van der Waals surface area contributed by atoms with Crippen LogP contribution in [0.3, 0.4) is 0 Å². The fraction of sp³-hybridized carbons (Fsp3) is 0.471. The van der Waals surface area contributed by atoms with Crippen molar-refractivity contribution in [2.75, 3.05) is 11.9 Å². The van der Waals surface area contributed by atoms with E-state index in [4.69, 9.17) is 4.74 Å². The van der Waals surface area contributed by atoms with Crippen molar-refractivity contribution in [1.29, 1.82) is 0 Å². The molecule has 0 bridgehead atoms. The van der Waals surface area contributed by atoms with Crippen LogP contribution >= 0.6 is 11.3 Å². The van der Waals surface area contributed by atoms with Crippen LogP contribution in [-0.4, -0.2) is 11.5 Å². The molecule has 4 heteroatoms. The normalized spacial score (nSPS) is 14.4. The summed E-state index contributed by atoms with van der Waals surface area (Å²) >= 11 is 1.71. The Morgan fingerprint density at radius 1 is 1.33 bits per heavy atom. The number of rotatable bonds is 3. The lowest BCUT2D eigenvalue weighted by molar-refractivity contribution is 0.302. The van der Waals surface area contributed by atoms with Crippen molar-refractivity contribution >= 4 is 17.0 Å². The van der Waals surface area contributed by atoms with Gasteiger partial charge in [-0.3, -0.25) is 0 Å². The van der Waals surface area contributed by atoms with Crippen molar-refractivity contribution in [2.24, 2.45) is 0 Å². The van der Waals surface area contributed by atoms with Crippen LogP contribution in [-0.2, 0) is 18.4 Å². The Morgan fingerprint density at radius 2 is 2.19 bits per heavy atom. The zero-order valence-corrected chi connectivity index (χ0v) is 13.7. The quantitative estimate of drug-likeness (QED) is 0.913. The van der Waals surface area contributed by atoms with Gasteiger partial charge in [0.1, 0.15) is 12.4 Å². The van der Waals surface area contributed by atoms with E-state index in [0.29, 0.717) is 6.61 Å². The molecule has 1 N–H and O–H groups in total. The highest BCUT2D eigenvalue weighted by Gasteiger charge is 2.18. The Labute approximate surface area is 130 Å². The van der Waals surface area contributed by atoms with Crippen molar-refractivity contribution in [1.82, 2.24) is 4.98 Å². The average Bonchev–Trinajstić information content (AvgIpc) is 2.94. The van der Waals surface area contributed by atoms with Gasteiger partial charge in [-0.1, -0.05) is 32.9 Å². The standard InChI is InChI=1S/C17H22N2OS/c1-17(2,3)16-19-13(11-21-16)10-20-14-8-4-6-12-7-5-9-18-15(12)14/h4,6,8,11,18H,5,7,9-10H2,1-3H3. The first-order valence-corrected chi connectivity index (χ1v) is 8.35. The monoisotopic (exact) mass is 302 g/mol. The molecule has 0 radical (unpaired) electrons. The summed E-state index contributed by atoms with van der Waals surface area (Å²) in [4.78, 5) is 4.68. The first kappa shape index (κ1) is 14.4. The summed E-state index contributed by atoms with van der Waals surface area (Å²) < 4.78 is 6.00. The summed E-state index contributed by atoms with van der Waals surface area (Å²) in [6.07, 6.45) is 2.32. The van der Waals surface area contributed by atoms with Crippen molar-refractivity contribution in [3.63, 3.8) is 0 Å². The molecule has 3 rings (SSSR count). The van der Waals surface area contributed by atoms with Crippen LogP contribution in [0, 0.1) is 0 Å². The van der Waals surface area contributed by atoms with E-state index in [-0.39, 0.29) is 5.41 Å². The molecule has 0 fully saturated rings. The third kappa shape index (κ3) is 3.21. The molecule has 0 unspecified atom stereocenters. The first-order chi connectivity index (χ1) is 10.0. The van der Waals surface area contributed by atoms with Gasteiger partial charge in [0.25, 0.3) is 0 Å². The molecular weight excluding hydrogens is 280 g/mol. The zero-order chi connectivity index (χ0) is 14.9. The minimum absolute atomic E-state index is 0.108. The second kappa shape index (κ2) is 5.68. The Bertz CT molecular complexity index is 628. The Morgan fingerprint density at radius 3 is 2.95 bits per heavy atom. The summed E-state index contributed by atoms with van der Waals surface area (Å²) in [5.74, 6) is 0.942. The van der Waals surface area contributed by atoms with Gasteiger partial charge in [-0.15, -0.1) is 11.3 Å². The largest absolute Gasteiger partial charge is 0.485 e. The highest BCUT2D eigenvalue weighted by Crippen LogP contribution is 2.33. The second-order valence-electron chi connectivity index (χ2n) is 6.50. The van der Waals surface area contributed by atoms with Crippen LogP contribution in [0.5, 0.6) is 5.75 Å². The van der Waals surface area contributed by atoms with Gasteiger partial charge in [-0.05, 0) is 24.5 Å². The molecule has 1 aromatic heterocycles. The SMILES string of the molecule is CC(C)(C)c1nc(COc2cccc3c2NCCC3)cs1. The lowest BCUT2D eigenvalue weighted by atomic mass is 9.98. The van der Waals surface area contributed by atoms with Crippen LogP contribution < -0.4 is 10.1 Å². The fourth-order valence-corrected chi connectivity index (χ4v) is 3.36. The van der Waals surface area contributed by atoms with Crippen LogP contribution in [0.4, 0.5) is 5.69 Å². The van der Waals surface area contributed by atoms with Gasteiger partial charge in [0, 0.05) is 17.3 Å². The lowest BCUT2D eigenvalue weighted by Gasteiger charge is -2.21. The zero-order valence-electron chi connectivity index (χ0n) is 12.9. The van der Waals surface area contributed by atoms with Crippen molar-refractivity contribution in [2.45, 2.75) is 45.6 Å². The molecule has 2 aromatic rings. The van der Waals surface area contributed by atoms with E-state index in [2.05, 4.69) is 48.6 Å². The highest BCUT2D eigenvalue weighted by molar-refractivity contribution is 7.09. The minimum Gasteiger partial charge on any atom is -0.485 e. The van der Waals surface area contributed by atoms with Gasteiger partial charge >= 0.3 is 0 Å². The maximum atomic E-state index is 6.00. The van der Waals surface area contributed by atoms with Gasteiger partial charge in [0.05, 0.1) is 16.4 Å². The van der Waals surface area contributed by atoms with E-state index in [0.717, 1.165) is 35.1 Å². The Balaban J connectivity index is 1.72. The summed E-state index contributed by atoms with van der Waals surface area (Å²) in [6, 6.07) is 6.28. The summed E-state index contributed by atoms with van der Waals surface area (Å²) in [5, 5.41) is 6.72. The maximum Gasteiger partial charge on any atom is 0.143 e. The smallest absolute Gasteiger partial charge is 0.143 e. The van der Waals surface area contributed by atoms with Gasteiger partial charge in [-0.2, -0.15) is 0 Å². The molecule has 1 aliphatic rings. The van der Waals surface area contributed by atoms with Crippen molar-refractivity contribution in [3.8, 4) is 5.75 Å². The van der Waals surface area contributed by atoms with Gasteiger partial charge in [0.15, 0.2) is 0 Å². The molecule has 0 atom stereocenters. The molecule has 0 spiro atoms. The highest BCUT2D eigenvalue weighted by atomic mass is 32.1. The van der Waals surface area contributed by atoms with Crippen LogP contribution in [0.15, 0.2) is 23.6 Å². The van der Waals surface area contributed by atoms with Gasteiger partial charge in [-0.25, -0.2) is 4.98 Å². The van der Waals surface area contributed by atoms with Crippen LogP contribution in [0.25, 0.3) is 0 Å². The molecule has 2 heterocycles. The minimum atomic E-state index is 0.108. The third-order valence-corrected chi connectivity index (χ3v) is 4.92. The topological polar surface area (TPSA) is 34.1 Å². The lowest BCUT2D eigenvalue weighted by Crippen LogP contribution is -2.13. The third-order valence-electron chi connectivity index (χ3n) is 3.61. The molecular formula is C17H22N2OS. The number of nitrogens with zero attached hydrogens (tertiary/aromatic N) is 1. The van der Waals surface area contributed by atoms with Crippen LogP contribution in [0.1, 0.15) is 43.5 Å². The number of fused-ring (bicyclic) bond motifs is 1. The molecule has 112 valence electrons. The predicted molar refractivity (Wildman–Crippen MR) is 88.4 cm³/mol. The van der Waals surface area contributed by atoms with E-state index >= 15 is 0 Å². The van der Waals surface area contributed by atoms with E-state index < -0.39 is 0 Å². The summed E-state index contributed by atoms with van der Waals surface area (Å²) in [6.45, 7) is 8.12.